The van der Waals surface area contributed by atoms with Gasteiger partial charge in [0.25, 0.3) is 5.69 Å². The van der Waals surface area contributed by atoms with Crippen LogP contribution in [0.5, 0.6) is 0 Å². The van der Waals surface area contributed by atoms with Crippen molar-refractivity contribution in [3.05, 3.63) is 98.4 Å². The number of nitro benzene ring substituents is 1. The molecule has 9 heteroatoms. The molecule has 1 heterocycles. The molecule has 0 amide bonds. The number of esters is 2. The largest absolute Gasteiger partial charge is 0.466 e. The lowest BCUT2D eigenvalue weighted by Crippen LogP contribution is -2.34. The van der Waals surface area contributed by atoms with E-state index in [1.807, 2.05) is 32.0 Å². The lowest BCUT2D eigenvalue weighted by Gasteiger charge is -2.31. The number of dihydropyridines is 1. The van der Waals surface area contributed by atoms with E-state index in [4.69, 9.17) is 9.47 Å². The van der Waals surface area contributed by atoms with Gasteiger partial charge in [-0.1, -0.05) is 56.3 Å². The Kier molecular flexibility index (Phi) is 9.64. The first-order chi connectivity index (χ1) is 18.4. The summed E-state index contributed by atoms with van der Waals surface area (Å²) in [5.41, 5.74) is 2.66. The number of hydrogen-bond donors (Lipinski definition) is 1. The first kappa shape index (κ1) is 29.6. The van der Waals surface area contributed by atoms with Crippen LogP contribution in [0.4, 0.5) is 5.69 Å². The zero-order chi connectivity index (χ0) is 28.7. The molecule has 0 saturated heterocycles. The molecule has 1 atom stereocenters. The molecule has 0 saturated carbocycles. The zero-order valence-electron chi connectivity index (χ0n) is 23.4. The molecule has 9 nitrogen and oxygen atoms in total. The summed E-state index contributed by atoms with van der Waals surface area (Å²) < 4.78 is 10.8. The Morgan fingerprint density at radius 3 is 2.28 bits per heavy atom. The van der Waals surface area contributed by atoms with Crippen LogP contribution in [0.25, 0.3) is 0 Å². The summed E-state index contributed by atoms with van der Waals surface area (Å²) in [6.45, 7) is 9.31. The molecule has 3 rings (SSSR count). The van der Waals surface area contributed by atoms with Crippen molar-refractivity contribution < 1.29 is 24.0 Å². The zero-order valence-corrected chi connectivity index (χ0v) is 23.4. The van der Waals surface area contributed by atoms with Crippen LogP contribution in [0.2, 0.25) is 0 Å². The maximum Gasteiger partial charge on any atom is 0.336 e. The van der Waals surface area contributed by atoms with Crippen molar-refractivity contribution in [2.45, 2.75) is 46.6 Å². The van der Waals surface area contributed by atoms with Crippen molar-refractivity contribution in [2.24, 2.45) is 5.41 Å². The van der Waals surface area contributed by atoms with Crippen LogP contribution in [-0.2, 0) is 25.6 Å². The molecule has 1 N–H and O–H groups in total. The molecule has 2 aromatic rings. The minimum atomic E-state index is -0.883. The fourth-order valence-electron chi connectivity index (χ4n) is 4.67. The lowest BCUT2D eigenvalue weighted by molar-refractivity contribution is -0.384. The highest BCUT2D eigenvalue weighted by Crippen LogP contribution is 2.40. The summed E-state index contributed by atoms with van der Waals surface area (Å²) in [4.78, 5) is 39.6. The SMILES string of the molecule is COC(=O)C1=C(C)NC(C)=C(C(=O)OCC(C)(C)CCN(C)Cc2ccccc2)C1c1cccc([N+](=O)[O-])c1. The first-order valence-corrected chi connectivity index (χ1v) is 12.8. The van der Waals surface area contributed by atoms with Crippen molar-refractivity contribution >= 4 is 17.6 Å². The molecule has 0 aliphatic carbocycles. The van der Waals surface area contributed by atoms with Gasteiger partial charge in [-0.25, -0.2) is 9.59 Å². The third kappa shape index (κ3) is 7.54. The normalized spacial score (nSPS) is 15.7. The molecule has 0 radical (unpaired) electrons. The second-order valence-corrected chi connectivity index (χ2v) is 10.7. The minimum absolute atomic E-state index is 0.140. The lowest BCUT2D eigenvalue weighted by atomic mass is 9.80. The molecule has 208 valence electrons. The van der Waals surface area contributed by atoms with E-state index in [2.05, 4.69) is 29.4 Å². The number of nitrogens with zero attached hydrogens (tertiary/aromatic N) is 2. The first-order valence-electron chi connectivity index (χ1n) is 12.8. The van der Waals surface area contributed by atoms with E-state index < -0.39 is 22.8 Å². The quantitative estimate of drug-likeness (QED) is 0.241. The second-order valence-electron chi connectivity index (χ2n) is 10.7. The third-order valence-electron chi connectivity index (χ3n) is 6.86. The van der Waals surface area contributed by atoms with Crippen LogP contribution in [0.15, 0.2) is 77.1 Å². The predicted octanol–water partition coefficient (Wildman–Crippen LogP) is 5.09. The van der Waals surface area contributed by atoms with Gasteiger partial charge in [0.05, 0.1) is 35.7 Å². The molecule has 0 fully saturated rings. The molecular weight excluding hydrogens is 498 g/mol. The fourth-order valence-corrected chi connectivity index (χ4v) is 4.67. The standard InChI is InChI=1S/C30H37N3O6/c1-20-25(28(34)38-6)27(23-13-10-14-24(17-23)33(36)37)26(21(2)31-20)29(35)39-19-30(3,4)15-16-32(5)18-22-11-8-7-9-12-22/h7-14,17,27,31H,15-16,18-19H2,1-6H3. The molecule has 1 aliphatic heterocycles. The monoisotopic (exact) mass is 535 g/mol. The van der Waals surface area contributed by atoms with E-state index in [1.54, 1.807) is 19.9 Å². The Morgan fingerprint density at radius 2 is 1.67 bits per heavy atom. The van der Waals surface area contributed by atoms with Crippen LogP contribution in [0.1, 0.15) is 51.2 Å². The summed E-state index contributed by atoms with van der Waals surface area (Å²) in [7, 11) is 3.32. The highest BCUT2D eigenvalue weighted by Gasteiger charge is 2.38. The van der Waals surface area contributed by atoms with Crippen LogP contribution in [-0.4, -0.2) is 49.1 Å². The second kappa shape index (κ2) is 12.7. The number of benzene rings is 2. The van der Waals surface area contributed by atoms with Crippen molar-refractivity contribution in [3.63, 3.8) is 0 Å². The van der Waals surface area contributed by atoms with Gasteiger partial charge < -0.3 is 19.7 Å². The highest BCUT2D eigenvalue weighted by atomic mass is 16.6. The molecule has 0 aromatic heterocycles. The molecule has 39 heavy (non-hydrogen) atoms. The number of hydrogen-bond acceptors (Lipinski definition) is 8. The third-order valence-corrected chi connectivity index (χ3v) is 6.86. The van der Waals surface area contributed by atoms with Crippen molar-refractivity contribution in [1.82, 2.24) is 10.2 Å². The summed E-state index contributed by atoms with van der Waals surface area (Å²) >= 11 is 0. The Labute approximate surface area is 229 Å². The Morgan fingerprint density at radius 1 is 1.03 bits per heavy atom. The molecule has 0 spiro atoms. The van der Waals surface area contributed by atoms with Crippen LogP contribution in [0.3, 0.4) is 0 Å². The van der Waals surface area contributed by atoms with Crippen LogP contribution >= 0.6 is 0 Å². The number of carbonyl (C=O) groups is 2. The fraction of sp³-hybridized carbons (Fsp3) is 0.400. The van der Waals surface area contributed by atoms with Gasteiger partial charge in [0, 0.05) is 35.5 Å². The van der Waals surface area contributed by atoms with Crippen LogP contribution < -0.4 is 5.32 Å². The number of nitro groups is 1. The number of ether oxygens (including phenoxy) is 2. The van der Waals surface area contributed by atoms with E-state index in [0.29, 0.717) is 17.0 Å². The van der Waals surface area contributed by atoms with Gasteiger partial charge in [0.15, 0.2) is 0 Å². The minimum Gasteiger partial charge on any atom is -0.466 e. The number of non-ortho nitro benzene ring substituents is 1. The van der Waals surface area contributed by atoms with E-state index in [-0.39, 0.29) is 28.9 Å². The summed E-state index contributed by atoms with van der Waals surface area (Å²) in [6, 6.07) is 16.2. The van der Waals surface area contributed by atoms with Gasteiger partial charge in [0.1, 0.15) is 0 Å². The van der Waals surface area contributed by atoms with Gasteiger partial charge in [-0.3, -0.25) is 10.1 Å². The molecule has 0 bridgehead atoms. The molecule has 2 aromatic carbocycles. The van der Waals surface area contributed by atoms with E-state index >= 15 is 0 Å². The molecule has 1 aliphatic rings. The van der Waals surface area contributed by atoms with Crippen LogP contribution in [0, 0.1) is 15.5 Å². The smallest absolute Gasteiger partial charge is 0.336 e. The van der Waals surface area contributed by atoms with E-state index in [9.17, 15) is 19.7 Å². The van der Waals surface area contributed by atoms with Gasteiger partial charge in [0.2, 0.25) is 0 Å². The summed E-state index contributed by atoms with van der Waals surface area (Å²) in [6.07, 6.45) is 0.792. The number of rotatable bonds is 11. The van der Waals surface area contributed by atoms with Crippen molar-refractivity contribution in [2.75, 3.05) is 27.3 Å². The van der Waals surface area contributed by atoms with Crippen molar-refractivity contribution in [1.29, 1.82) is 0 Å². The van der Waals surface area contributed by atoms with E-state index in [1.165, 1.54) is 30.9 Å². The number of nitrogens with one attached hydrogen (secondary N) is 1. The topological polar surface area (TPSA) is 111 Å². The predicted molar refractivity (Wildman–Crippen MR) is 149 cm³/mol. The maximum atomic E-state index is 13.6. The number of allylic oxidation sites excluding steroid dienone is 2. The summed E-state index contributed by atoms with van der Waals surface area (Å²) in [5, 5.41) is 14.5. The number of carbonyl (C=O) groups excluding carboxylic acids is 2. The summed E-state index contributed by atoms with van der Waals surface area (Å²) in [5.74, 6) is -2.10. The Hall–Kier alpha value is -3.98. The average Bonchev–Trinajstić information content (AvgIpc) is 2.90. The maximum absolute atomic E-state index is 13.6. The van der Waals surface area contributed by atoms with Gasteiger partial charge >= 0.3 is 11.9 Å². The molecule has 1 unspecified atom stereocenters. The number of methoxy groups -OCH3 is 1. The average molecular weight is 536 g/mol. The molecular formula is C30H37N3O6. The highest BCUT2D eigenvalue weighted by molar-refractivity contribution is 5.99. The van der Waals surface area contributed by atoms with Crippen molar-refractivity contribution in [3.8, 4) is 0 Å². The van der Waals surface area contributed by atoms with Gasteiger partial charge in [-0.2, -0.15) is 0 Å². The van der Waals surface area contributed by atoms with Gasteiger partial charge in [-0.05, 0) is 45.0 Å². The Bertz CT molecular complexity index is 1280. The van der Waals surface area contributed by atoms with Gasteiger partial charge in [-0.15, -0.1) is 0 Å². The van der Waals surface area contributed by atoms with E-state index in [0.717, 1.165) is 19.5 Å². The Balaban J connectivity index is 1.79.